The van der Waals surface area contributed by atoms with Crippen molar-refractivity contribution >= 4 is 58.0 Å². The highest BCUT2D eigenvalue weighted by Gasteiger charge is 2.33. The first-order chi connectivity index (χ1) is 5.21. The Morgan fingerprint density at radius 2 is 1.58 bits per heavy atom. The minimum Gasteiger partial charge on any atom is -0.260 e. The molecule has 3 nitrogen and oxygen atoms in total. The number of allylic oxidation sites excluding steroid dienone is 1. The summed E-state index contributed by atoms with van der Waals surface area (Å²) in [6, 6.07) is 0. The van der Waals surface area contributed by atoms with Gasteiger partial charge in [-0.15, -0.1) is 0 Å². The monoisotopic (exact) mass is 273 g/mol. The van der Waals surface area contributed by atoms with Crippen molar-refractivity contribution < 1.29 is 4.92 Å². The summed E-state index contributed by atoms with van der Waals surface area (Å²) in [4.78, 5) is 8.41. The molecule has 0 rings (SSSR count). The molecule has 0 atom stereocenters. The zero-order chi connectivity index (χ0) is 10.4. The van der Waals surface area contributed by atoms with Gasteiger partial charge in [0.2, 0.25) is 0 Å². The first kappa shape index (κ1) is 15.1. The fourth-order valence-electron chi connectivity index (χ4n) is 0. The standard InChI is InChI=1S/C3H4Cl2.CCl3NO2/c1-2-3(4)5;2-1(3,4)5(6)7/h2H,1H3;. The molecule has 0 bridgehead atoms. The van der Waals surface area contributed by atoms with Gasteiger partial charge in [0.05, 0.1) is 4.92 Å². The first-order valence-electron chi connectivity index (χ1n) is 2.40. The molecule has 0 unspecified atom stereocenters. The summed E-state index contributed by atoms with van der Waals surface area (Å²) >= 11 is 24.3. The van der Waals surface area contributed by atoms with Gasteiger partial charge in [0, 0.05) is 0 Å². The van der Waals surface area contributed by atoms with Crippen LogP contribution in [0.15, 0.2) is 10.6 Å². The lowest BCUT2D eigenvalue weighted by Gasteiger charge is -1.96. The molecule has 0 spiro atoms. The smallest absolute Gasteiger partial charge is 0.260 e. The van der Waals surface area contributed by atoms with Gasteiger partial charge < -0.3 is 0 Å². The fourth-order valence-corrected chi connectivity index (χ4v) is 0. The van der Waals surface area contributed by atoms with Crippen LogP contribution in [0, 0.1) is 10.1 Å². The van der Waals surface area contributed by atoms with Gasteiger partial charge in [-0.25, -0.2) is 0 Å². The highest BCUT2D eigenvalue weighted by Crippen LogP contribution is 2.25. The maximum atomic E-state index is 9.43. The Bertz CT molecular complexity index is 171. The van der Waals surface area contributed by atoms with Crippen molar-refractivity contribution in [3.05, 3.63) is 20.7 Å². The van der Waals surface area contributed by atoms with E-state index in [2.05, 4.69) is 0 Å². The molecule has 0 fully saturated rings. The van der Waals surface area contributed by atoms with Crippen LogP contribution in [0.5, 0.6) is 0 Å². The van der Waals surface area contributed by atoms with Gasteiger partial charge in [-0.2, -0.15) is 0 Å². The van der Waals surface area contributed by atoms with Crippen LogP contribution in [0.1, 0.15) is 6.92 Å². The Labute approximate surface area is 94.3 Å². The van der Waals surface area contributed by atoms with Gasteiger partial charge in [-0.3, -0.25) is 10.1 Å². The van der Waals surface area contributed by atoms with E-state index in [-0.39, 0.29) is 0 Å². The van der Waals surface area contributed by atoms with E-state index in [1.165, 1.54) is 0 Å². The van der Waals surface area contributed by atoms with Crippen LogP contribution in [0.25, 0.3) is 0 Å². The Morgan fingerprint density at radius 1 is 1.42 bits per heavy atom. The molecule has 0 heterocycles. The summed E-state index contributed by atoms with van der Waals surface area (Å²) in [5.74, 6) is 0. The molecule has 0 radical (unpaired) electrons. The normalized spacial score (nSPS) is 9.50. The van der Waals surface area contributed by atoms with Crippen LogP contribution >= 0.6 is 58.0 Å². The number of hydrogen-bond acceptors (Lipinski definition) is 2. The summed E-state index contributed by atoms with van der Waals surface area (Å²) in [6.07, 6.45) is 1.61. The Kier molecular flexibility index (Phi) is 8.84. The molecular formula is C4H4Cl5NO2. The topological polar surface area (TPSA) is 43.1 Å². The third-order valence-corrected chi connectivity index (χ3v) is 1.28. The Balaban J connectivity index is 0. The highest BCUT2D eigenvalue weighted by atomic mass is 35.6. The molecule has 0 aromatic rings. The predicted molar refractivity (Wildman–Crippen MR) is 52.7 cm³/mol. The van der Waals surface area contributed by atoms with Crippen molar-refractivity contribution in [1.29, 1.82) is 0 Å². The van der Waals surface area contributed by atoms with Crippen LogP contribution in [0.2, 0.25) is 0 Å². The quantitative estimate of drug-likeness (QED) is 0.291. The SMILES string of the molecule is CC=C(Cl)Cl.O=[N+]([O-])C(Cl)(Cl)Cl. The zero-order valence-electron chi connectivity index (χ0n) is 5.73. The average molecular weight is 275 g/mol. The maximum absolute atomic E-state index is 9.43. The van der Waals surface area contributed by atoms with Crippen LogP contribution in [0.4, 0.5) is 0 Å². The van der Waals surface area contributed by atoms with Gasteiger partial charge >= 0.3 is 3.92 Å². The van der Waals surface area contributed by atoms with Crippen molar-refractivity contribution in [2.24, 2.45) is 0 Å². The van der Waals surface area contributed by atoms with Gasteiger partial charge in [-0.1, -0.05) is 29.3 Å². The summed E-state index contributed by atoms with van der Waals surface area (Å²) in [6.45, 7) is 1.77. The first-order valence-corrected chi connectivity index (χ1v) is 4.29. The molecule has 0 saturated carbocycles. The summed E-state index contributed by atoms with van der Waals surface area (Å²) in [5.41, 5.74) is 0. The Morgan fingerprint density at radius 3 is 1.58 bits per heavy atom. The van der Waals surface area contributed by atoms with E-state index in [1.54, 1.807) is 13.0 Å². The number of nitro groups is 1. The third kappa shape index (κ3) is 13.2. The fraction of sp³-hybridized carbons (Fsp3) is 0.500. The van der Waals surface area contributed by atoms with Gasteiger partial charge in [0.25, 0.3) is 0 Å². The summed E-state index contributed by atoms with van der Waals surface area (Å²) in [5, 5.41) is 9.43. The van der Waals surface area contributed by atoms with E-state index in [0.717, 1.165) is 0 Å². The number of hydrogen-bond donors (Lipinski definition) is 0. The number of nitrogens with zero attached hydrogens (tertiary/aromatic N) is 1. The second-order valence-corrected chi connectivity index (χ2v) is 4.53. The van der Waals surface area contributed by atoms with E-state index >= 15 is 0 Å². The molecular weight excluding hydrogens is 271 g/mol. The molecule has 0 aliphatic rings. The molecule has 12 heavy (non-hydrogen) atoms. The molecule has 72 valence electrons. The van der Waals surface area contributed by atoms with Gasteiger partial charge in [0.1, 0.15) is 4.49 Å². The molecule has 0 N–H and O–H groups in total. The number of alkyl halides is 3. The molecule has 0 amide bonds. The van der Waals surface area contributed by atoms with Crippen molar-refractivity contribution in [2.45, 2.75) is 10.8 Å². The molecule has 0 aromatic carbocycles. The zero-order valence-corrected chi connectivity index (χ0v) is 9.51. The van der Waals surface area contributed by atoms with E-state index in [0.29, 0.717) is 4.49 Å². The van der Waals surface area contributed by atoms with E-state index in [1.807, 2.05) is 0 Å². The van der Waals surface area contributed by atoms with Crippen LogP contribution in [-0.2, 0) is 0 Å². The number of halogens is 5. The van der Waals surface area contributed by atoms with Gasteiger partial charge in [0.15, 0.2) is 0 Å². The second kappa shape index (κ2) is 7.04. The van der Waals surface area contributed by atoms with Crippen molar-refractivity contribution in [1.82, 2.24) is 0 Å². The third-order valence-electron chi connectivity index (χ3n) is 0.425. The van der Waals surface area contributed by atoms with E-state index in [9.17, 15) is 10.1 Å². The Hall–Kier alpha value is 0.590. The van der Waals surface area contributed by atoms with E-state index in [4.69, 9.17) is 58.0 Å². The molecule has 0 aliphatic heterocycles. The lowest BCUT2D eigenvalue weighted by molar-refractivity contribution is -0.491. The van der Waals surface area contributed by atoms with E-state index < -0.39 is 8.84 Å². The minimum absolute atomic E-state index is 0.324. The lowest BCUT2D eigenvalue weighted by Crippen LogP contribution is -2.15. The summed E-state index contributed by atoms with van der Waals surface area (Å²) in [7, 11) is 0. The molecule has 0 saturated heterocycles. The largest absolute Gasteiger partial charge is 0.449 e. The lowest BCUT2D eigenvalue weighted by atomic mass is 10.8. The van der Waals surface area contributed by atoms with Crippen molar-refractivity contribution in [3.8, 4) is 0 Å². The van der Waals surface area contributed by atoms with Crippen molar-refractivity contribution in [3.63, 3.8) is 0 Å². The maximum Gasteiger partial charge on any atom is 0.449 e. The molecule has 0 aromatic heterocycles. The average Bonchev–Trinajstić information content (AvgIpc) is 1.87. The summed E-state index contributed by atoms with van der Waals surface area (Å²) < 4.78 is -2.04. The van der Waals surface area contributed by atoms with Crippen LogP contribution in [0.3, 0.4) is 0 Å². The van der Waals surface area contributed by atoms with Crippen LogP contribution in [-0.4, -0.2) is 8.84 Å². The number of rotatable bonds is 0. The molecule has 8 heteroatoms. The minimum atomic E-state index is -2.36. The van der Waals surface area contributed by atoms with Crippen LogP contribution < -0.4 is 0 Å². The van der Waals surface area contributed by atoms with Gasteiger partial charge in [-0.05, 0) is 41.7 Å². The van der Waals surface area contributed by atoms with Crippen molar-refractivity contribution in [2.75, 3.05) is 0 Å². The predicted octanol–water partition coefficient (Wildman–Crippen LogP) is 3.92. The molecule has 0 aliphatic carbocycles. The highest BCUT2D eigenvalue weighted by molar-refractivity contribution is 6.65. The second-order valence-electron chi connectivity index (χ2n) is 1.30.